The molecule has 0 heterocycles. The van der Waals surface area contributed by atoms with E-state index >= 15 is 0 Å². The molecule has 0 radical (unpaired) electrons. The Morgan fingerprint density at radius 3 is 1.81 bits per heavy atom. The molecule has 1 atom stereocenters. The zero-order valence-electron chi connectivity index (χ0n) is 21.3. The van der Waals surface area contributed by atoms with Crippen LogP contribution in [0.15, 0.2) is 25.3 Å². The molecule has 0 aromatic heterocycles. The molecule has 0 aromatic rings. The smallest absolute Gasteiger partial charge is 0.186 e. The second-order valence-electron chi connectivity index (χ2n) is 9.96. The molecule has 186 valence electrons. The summed E-state index contributed by atoms with van der Waals surface area (Å²) in [6, 6.07) is 0. The number of ether oxygens (including phenoxy) is 3. The number of hydrogen-bond acceptors (Lipinski definition) is 8. The van der Waals surface area contributed by atoms with Crippen molar-refractivity contribution in [3.63, 3.8) is 0 Å². The summed E-state index contributed by atoms with van der Waals surface area (Å²) >= 11 is 0. The minimum Gasteiger partial charge on any atom is -0.392 e. The highest BCUT2D eigenvalue weighted by atomic mass is 16.7. The molecule has 0 aromatic carbocycles. The van der Waals surface area contributed by atoms with Crippen molar-refractivity contribution in [1.29, 1.82) is 0 Å². The lowest BCUT2D eigenvalue weighted by Crippen LogP contribution is -2.49. The first-order valence-electron chi connectivity index (χ1n) is 10.8. The molecule has 8 nitrogen and oxygen atoms in total. The molecule has 8 heteroatoms. The van der Waals surface area contributed by atoms with Crippen molar-refractivity contribution >= 4 is 11.6 Å². The van der Waals surface area contributed by atoms with E-state index in [2.05, 4.69) is 13.2 Å². The van der Waals surface area contributed by atoms with E-state index in [1.165, 1.54) is 17.2 Å². The molecule has 32 heavy (non-hydrogen) atoms. The SMILES string of the molecule is C=CC(=O)C(C)(C)OCCC(C)(C)ON(C)C(CO)OC(C)(C)COC(C)(C)C(=O)C=C. The lowest BCUT2D eigenvalue weighted by atomic mass is 10.0. The van der Waals surface area contributed by atoms with Crippen LogP contribution in [0.3, 0.4) is 0 Å². The Morgan fingerprint density at radius 1 is 0.906 bits per heavy atom. The van der Waals surface area contributed by atoms with Crippen molar-refractivity contribution in [3.05, 3.63) is 25.3 Å². The van der Waals surface area contributed by atoms with Crippen LogP contribution >= 0.6 is 0 Å². The van der Waals surface area contributed by atoms with E-state index < -0.39 is 28.6 Å². The molecule has 1 N–H and O–H groups in total. The largest absolute Gasteiger partial charge is 0.392 e. The van der Waals surface area contributed by atoms with E-state index in [9.17, 15) is 14.7 Å². The van der Waals surface area contributed by atoms with Crippen LogP contribution in [0.5, 0.6) is 0 Å². The standard InChI is InChI=1S/C24H43NO7/c1-12-18(27)23(7,8)29-15-14-21(3,4)32-25(11)20(16-26)31-22(5,6)17-30-24(9,10)19(28)13-2/h12-13,20,26H,1-2,14-17H2,3-11H3. The Labute approximate surface area is 193 Å². The summed E-state index contributed by atoms with van der Waals surface area (Å²) in [7, 11) is 1.66. The van der Waals surface area contributed by atoms with Gasteiger partial charge in [0, 0.05) is 13.5 Å². The average Bonchev–Trinajstić information content (AvgIpc) is 2.68. The topological polar surface area (TPSA) is 94.5 Å². The van der Waals surface area contributed by atoms with Crippen LogP contribution in [-0.4, -0.2) is 77.2 Å². The summed E-state index contributed by atoms with van der Waals surface area (Å²) in [5.41, 5.74) is -3.45. The fourth-order valence-corrected chi connectivity index (χ4v) is 2.66. The van der Waals surface area contributed by atoms with Gasteiger partial charge in [-0.3, -0.25) is 14.4 Å². The van der Waals surface area contributed by atoms with Crippen molar-refractivity contribution in [2.24, 2.45) is 0 Å². The fourth-order valence-electron chi connectivity index (χ4n) is 2.66. The third kappa shape index (κ3) is 10.5. The molecular weight excluding hydrogens is 414 g/mol. The van der Waals surface area contributed by atoms with Crippen LogP contribution in [-0.2, 0) is 28.6 Å². The highest BCUT2D eigenvalue weighted by molar-refractivity contribution is 5.96. The molecule has 0 aliphatic carbocycles. The minimum atomic E-state index is -1.03. The Morgan fingerprint density at radius 2 is 1.38 bits per heavy atom. The van der Waals surface area contributed by atoms with Crippen molar-refractivity contribution in [2.75, 3.05) is 26.9 Å². The molecule has 0 aliphatic rings. The fraction of sp³-hybridized carbons (Fsp3) is 0.750. The zero-order valence-corrected chi connectivity index (χ0v) is 21.3. The molecule has 0 saturated heterocycles. The summed E-state index contributed by atoms with van der Waals surface area (Å²) in [6.07, 6.45) is 2.20. The van der Waals surface area contributed by atoms with Gasteiger partial charge in [-0.2, -0.15) is 5.06 Å². The molecule has 0 spiro atoms. The molecule has 0 bridgehead atoms. The quantitative estimate of drug-likeness (QED) is 0.202. The molecule has 0 aliphatic heterocycles. The van der Waals surface area contributed by atoms with Crippen molar-refractivity contribution in [2.45, 2.75) is 90.4 Å². The lowest BCUT2D eigenvalue weighted by molar-refractivity contribution is -0.318. The van der Waals surface area contributed by atoms with Crippen LogP contribution in [0.4, 0.5) is 0 Å². The highest BCUT2D eigenvalue weighted by Crippen LogP contribution is 2.23. The summed E-state index contributed by atoms with van der Waals surface area (Å²) in [5.74, 6) is -0.418. The van der Waals surface area contributed by atoms with E-state index in [-0.39, 0.29) is 24.8 Å². The highest BCUT2D eigenvalue weighted by Gasteiger charge is 2.34. The number of aliphatic hydroxyl groups is 1. The Bertz CT molecular complexity index is 653. The molecule has 0 rings (SSSR count). The van der Waals surface area contributed by atoms with Crippen LogP contribution in [0, 0.1) is 0 Å². The van der Waals surface area contributed by atoms with E-state index in [0.29, 0.717) is 13.0 Å². The summed E-state index contributed by atoms with van der Waals surface area (Å²) < 4.78 is 17.5. The maximum atomic E-state index is 11.9. The zero-order chi connectivity index (χ0) is 25.4. The van der Waals surface area contributed by atoms with Crippen LogP contribution in [0.25, 0.3) is 0 Å². The number of carbonyl (C=O) groups excluding carboxylic acids is 2. The van der Waals surface area contributed by atoms with Gasteiger partial charge in [0.1, 0.15) is 11.2 Å². The summed E-state index contributed by atoms with van der Waals surface area (Å²) in [6.45, 7) is 21.2. The number of carbonyl (C=O) groups is 2. The normalized spacial score (nSPS) is 14.3. The Hall–Kier alpha value is -1.42. The van der Waals surface area contributed by atoms with Gasteiger partial charge in [-0.15, -0.1) is 0 Å². The third-order valence-corrected chi connectivity index (χ3v) is 4.91. The van der Waals surface area contributed by atoms with Crippen LogP contribution < -0.4 is 0 Å². The van der Waals surface area contributed by atoms with E-state index in [4.69, 9.17) is 19.0 Å². The van der Waals surface area contributed by atoms with Gasteiger partial charge in [0.2, 0.25) is 0 Å². The Kier molecular flexibility index (Phi) is 11.6. The average molecular weight is 458 g/mol. The number of hydroxylamine groups is 2. The molecular formula is C24H43NO7. The van der Waals surface area contributed by atoms with Crippen molar-refractivity contribution in [3.8, 4) is 0 Å². The third-order valence-electron chi connectivity index (χ3n) is 4.91. The molecule has 1 unspecified atom stereocenters. The van der Waals surface area contributed by atoms with E-state index in [1.807, 2.05) is 13.8 Å². The van der Waals surface area contributed by atoms with Gasteiger partial charge >= 0.3 is 0 Å². The Balaban J connectivity index is 4.89. The van der Waals surface area contributed by atoms with Gasteiger partial charge in [-0.05, 0) is 67.5 Å². The predicted molar refractivity (Wildman–Crippen MR) is 124 cm³/mol. The number of rotatable bonds is 17. The molecule has 0 amide bonds. The maximum absolute atomic E-state index is 11.9. The first-order valence-corrected chi connectivity index (χ1v) is 10.8. The van der Waals surface area contributed by atoms with Crippen LogP contribution in [0.1, 0.15) is 61.8 Å². The van der Waals surface area contributed by atoms with Gasteiger partial charge in [0.05, 0.1) is 31.0 Å². The first kappa shape index (κ1) is 30.6. The second-order valence-corrected chi connectivity index (χ2v) is 9.96. The number of nitrogens with zero attached hydrogens (tertiary/aromatic N) is 1. The molecule has 0 fully saturated rings. The number of hydrogen-bond donors (Lipinski definition) is 1. The second kappa shape index (κ2) is 12.2. The number of aliphatic hydroxyl groups excluding tert-OH is 1. The van der Waals surface area contributed by atoms with Gasteiger partial charge in [-0.25, -0.2) is 0 Å². The number of ketones is 2. The van der Waals surface area contributed by atoms with E-state index in [0.717, 1.165) is 0 Å². The lowest BCUT2D eigenvalue weighted by Gasteiger charge is -2.39. The van der Waals surface area contributed by atoms with Gasteiger partial charge < -0.3 is 19.3 Å². The van der Waals surface area contributed by atoms with Crippen LogP contribution in [0.2, 0.25) is 0 Å². The maximum Gasteiger partial charge on any atom is 0.186 e. The van der Waals surface area contributed by atoms with Gasteiger partial charge in [0.25, 0.3) is 0 Å². The summed E-state index contributed by atoms with van der Waals surface area (Å²) in [5, 5.41) is 11.3. The van der Waals surface area contributed by atoms with Gasteiger partial charge in [-0.1, -0.05) is 13.2 Å². The minimum absolute atomic E-state index is 0.119. The van der Waals surface area contributed by atoms with E-state index in [1.54, 1.807) is 48.6 Å². The first-order chi connectivity index (χ1) is 14.4. The van der Waals surface area contributed by atoms with Crippen molar-refractivity contribution in [1.82, 2.24) is 5.06 Å². The monoisotopic (exact) mass is 457 g/mol. The predicted octanol–water partition coefficient (Wildman–Crippen LogP) is 3.23. The summed E-state index contributed by atoms with van der Waals surface area (Å²) in [4.78, 5) is 29.7. The molecule has 0 saturated carbocycles. The van der Waals surface area contributed by atoms with Crippen molar-refractivity contribution < 1.29 is 33.7 Å². The van der Waals surface area contributed by atoms with Gasteiger partial charge in [0.15, 0.2) is 17.8 Å². The number of likely N-dealkylation sites (N-methyl/N-ethyl adjacent to an activating group) is 1.